The molecule has 5 heteroatoms. The Bertz CT molecular complexity index is 773. The van der Waals surface area contributed by atoms with E-state index < -0.39 is 9.84 Å². The van der Waals surface area contributed by atoms with E-state index in [9.17, 15) is 8.42 Å². The van der Waals surface area contributed by atoms with E-state index in [1.54, 1.807) is 18.2 Å². The number of hydrogen-bond acceptors (Lipinski definition) is 4. The zero-order valence-corrected chi connectivity index (χ0v) is 12.8. The second-order valence-electron chi connectivity index (χ2n) is 5.14. The van der Waals surface area contributed by atoms with E-state index in [2.05, 4.69) is 18.8 Å². The number of nitrogens with zero attached hydrogens (tertiary/aromatic N) is 2. The summed E-state index contributed by atoms with van der Waals surface area (Å²) in [5, 5.41) is 8.80. The molecule has 0 unspecified atom stereocenters. The average Bonchev–Trinajstić information content (AvgIpc) is 2.47. The Morgan fingerprint density at radius 1 is 1.19 bits per heavy atom. The van der Waals surface area contributed by atoms with Gasteiger partial charge in [0.1, 0.15) is 11.8 Å². The number of rotatable bonds is 4. The number of aromatic nitrogens is 1. The molecule has 0 bridgehead atoms. The van der Waals surface area contributed by atoms with Crippen LogP contribution in [0, 0.1) is 11.3 Å². The summed E-state index contributed by atoms with van der Waals surface area (Å²) in [6, 6.07) is 12.0. The second-order valence-corrected chi connectivity index (χ2v) is 7.13. The molecular weight excluding hydrogens is 284 g/mol. The first-order chi connectivity index (χ1) is 9.92. The van der Waals surface area contributed by atoms with Crippen molar-refractivity contribution < 1.29 is 8.42 Å². The lowest BCUT2D eigenvalue weighted by Crippen LogP contribution is -2.05. The van der Waals surface area contributed by atoms with Crippen molar-refractivity contribution in [2.45, 2.75) is 30.4 Å². The molecule has 0 fully saturated rings. The Hall–Kier alpha value is -2.19. The Labute approximate surface area is 125 Å². The normalized spacial score (nSPS) is 11.3. The summed E-state index contributed by atoms with van der Waals surface area (Å²) in [6.07, 6.45) is 1.45. The topological polar surface area (TPSA) is 70.8 Å². The van der Waals surface area contributed by atoms with Gasteiger partial charge in [-0.1, -0.05) is 26.0 Å². The maximum absolute atomic E-state index is 12.4. The van der Waals surface area contributed by atoms with Gasteiger partial charge >= 0.3 is 0 Å². The molecule has 0 saturated carbocycles. The first-order valence-corrected chi connectivity index (χ1v) is 8.25. The molecule has 0 aliphatic heterocycles. The largest absolute Gasteiger partial charge is 0.246 e. The minimum absolute atomic E-state index is 0.134. The van der Waals surface area contributed by atoms with Gasteiger partial charge < -0.3 is 0 Å². The SMILES string of the molecule is CC(C)c1ccc(S(=O)(=O)Cc2ccnc(C#N)c2)cc1. The molecule has 108 valence electrons. The minimum Gasteiger partial charge on any atom is -0.246 e. The summed E-state index contributed by atoms with van der Waals surface area (Å²) < 4.78 is 24.8. The van der Waals surface area contributed by atoms with E-state index in [0.717, 1.165) is 5.56 Å². The van der Waals surface area contributed by atoms with Crippen LogP contribution in [0.25, 0.3) is 0 Å². The van der Waals surface area contributed by atoms with E-state index in [4.69, 9.17) is 5.26 Å². The molecule has 0 aliphatic carbocycles. The van der Waals surface area contributed by atoms with Gasteiger partial charge in [0.2, 0.25) is 0 Å². The molecule has 2 rings (SSSR count). The van der Waals surface area contributed by atoms with Crippen LogP contribution in [0.5, 0.6) is 0 Å². The van der Waals surface area contributed by atoms with Crippen molar-refractivity contribution in [3.8, 4) is 6.07 Å². The molecule has 2 aromatic rings. The van der Waals surface area contributed by atoms with Crippen LogP contribution in [0.1, 0.15) is 36.6 Å². The third kappa shape index (κ3) is 3.67. The highest BCUT2D eigenvalue weighted by atomic mass is 32.2. The van der Waals surface area contributed by atoms with Crippen LogP contribution in [0.3, 0.4) is 0 Å². The van der Waals surface area contributed by atoms with Crippen molar-refractivity contribution in [1.82, 2.24) is 4.98 Å². The summed E-state index contributed by atoms with van der Waals surface area (Å²) >= 11 is 0. The van der Waals surface area contributed by atoms with Gasteiger partial charge in [-0.15, -0.1) is 0 Å². The highest BCUT2D eigenvalue weighted by Crippen LogP contribution is 2.20. The first-order valence-electron chi connectivity index (χ1n) is 6.60. The van der Waals surface area contributed by atoms with Gasteiger partial charge in [-0.3, -0.25) is 0 Å². The van der Waals surface area contributed by atoms with E-state index in [0.29, 0.717) is 16.4 Å². The molecule has 0 radical (unpaired) electrons. The van der Waals surface area contributed by atoms with Crippen molar-refractivity contribution >= 4 is 9.84 Å². The monoisotopic (exact) mass is 300 g/mol. The van der Waals surface area contributed by atoms with Crippen LogP contribution >= 0.6 is 0 Å². The predicted octanol–water partition coefficient (Wildman–Crippen LogP) is 3.05. The Kier molecular flexibility index (Phi) is 4.39. The minimum atomic E-state index is -3.42. The fourth-order valence-corrected chi connectivity index (χ4v) is 3.32. The van der Waals surface area contributed by atoms with Crippen molar-refractivity contribution in [3.63, 3.8) is 0 Å². The van der Waals surface area contributed by atoms with Crippen LogP contribution in [0.2, 0.25) is 0 Å². The van der Waals surface area contributed by atoms with Crippen molar-refractivity contribution in [3.05, 3.63) is 59.4 Å². The molecule has 4 nitrogen and oxygen atoms in total. The molecule has 0 spiro atoms. The van der Waals surface area contributed by atoms with Crippen molar-refractivity contribution in [2.24, 2.45) is 0 Å². The molecule has 21 heavy (non-hydrogen) atoms. The lowest BCUT2D eigenvalue weighted by atomic mass is 10.0. The molecule has 1 heterocycles. The quantitative estimate of drug-likeness (QED) is 0.870. The van der Waals surface area contributed by atoms with Crippen LogP contribution < -0.4 is 0 Å². The van der Waals surface area contributed by atoms with E-state index >= 15 is 0 Å². The van der Waals surface area contributed by atoms with Gasteiger partial charge in [-0.05, 0) is 41.3 Å². The van der Waals surface area contributed by atoms with Gasteiger partial charge in [0.15, 0.2) is 9.84 Å². The van der Waals surface area contributed by atoms with Gasteiger partial charge in [0, 0.05) is 6.20 Å². The standard InChI is InChI=1S/C16H16N2O2S/c1-12(2)14-3-5-16(6-4-14)21(19,20)11-13-7-8-18-15(9-13)10-17/h3-9,12H,11H2,1-2H3. The lowest BCUT2D eigenvalue weighted by molar-refractivity contribution is 0.595. The van der Waals surface area contributed by atoms with E-state index in [-0.39, 0.29) is 11.4 Å². The van der Waals surface area contributed by atoms with Crippen LogP contribution in [-0.2, 0) is 15.6 Å². The van der Waals surface area contributed by atoms with Crippen LogP contribution in [-0.4, -0.2) is 13.4 Å². The van der Waals surface area contributed by atoms with Crippen LogP contribution in [0.4, 0.5) is 0 Å². The Morgan fingerprint density at radius 2 is 1.86 bits per heavy atom. The average molecular weight is 300 g/mol. The molecule has 0 amide bonds. The maximum atomic E-state index is 12.4. The molecule has 0 saturated heterocycles. The fraction of sp³-hybridized carbons (Fsp3) is 0.250. The molecule has 0 atom stereocenters. The third-order valence-corrected chi connectivity index (χ3v) is 4.91. The smallest absolute Gasteiger partial charge is 0.182 e. The summed E-state index contributed by atoms with van der Waals surface area (Å²) in [5.74, 6) is 0.228. The third-order valence-electron chi connectivity index (χ3n) is 3.20. The zero-order chi connectivity index (χ0) is 15.5. The maximum Gasteiger partial charge on any atom is 0.182 e. The molecule has 0 N–H and O–H groups in total. The van der Waals surface area contributed by atoms with Gasteiger partial charge in [-0.2, -0.15) is 5.26 Å². The van der Waals surface area contributed by atoms with E-state index in [1.807, 2.05) is 18.2 Å². The van der Waals surface area contributed by atoms with Gasteiger partial charge in [0.25, 0.3) is 0 Å². The number of pyridine rings is 1. The number of sulfone groups is 1. The van der Waals surface area contributed by atoms with Crippen molar-refractivity contribution in [1.29, 1.82) is 5.26 Å². The number of benzene rings is 1. The highest BCUT2D eigenvalue weighted by Gasteiger charge is 2.16. The molecule has 1 aromatic heterocycles. The zero-order valence-electron chi connectivity index (χ0n) is 11.9. The lowest BCUT2D eigenvalue weighted by Gasteiger charge is -2.08. The Morgan fingerprint density at radius 3 is 2.43 bits per heavy atom. The summed E-state index contributed by atoms with van der Waals surface area (Å²) in [7, 11) is -3.42. The van der Waals surface area contributed by atoms with Gasteiger partial charge in [-0.25, -0.2) is 13.4 Å². The first kappa shape index (κ1) is 15.2. The molecule has 1 aromatic carbocycles. The van der Waals surface area contributed by atoms with Gasteiger partial charge in [0.05, 0.1) is 10.6 Å². The predicted molar refractivity (Wildman–Crippen MR) is 80.4 cm³/mol. The molecular formula is C16H16N2O2S. The number of nitriles is 1. The summed E-state index contributed by atoms with van der Waals surface area (Å²) in [5.41, 5.74) is 1.89. The summed E-state index contributed by atoms with van der Waals surface area (Å²) in [6.45, 7) is 4.12. The summed E-state index contributed by atoms with van der Waals surface area (Å²) in [4.78, 5) is 4.13. The van der Waals surface area contributed by atoms with Crippen molar-refractivity contribution in [2.75, 3.05) is 0 Å². The fourth-order valence-electron chi connectivity index (χ4n) is 1.99. The molecule has 0 aliphatic rings. The Balaban J connectivity index is 2.27. The number of hydrogen-bond donors (Lipinski definition) is 0. The van der Waals surface area contributed by atoms with Crippen LogP contribution in [0.15, 0.2) is 47.5 Å². The van der Waals surface area contributed by atoms with E-state index in [1.165, 1.54) is 12.3 Å². The second kappa shape index (κ2) is 6.06. The highest BCUT2D eigenvalue weighted by molar-refractivity contribution is 7.90.